The zero-order valence-electron chi connectivity index (χ0n) is 16.0. The molecule has 1 atom stereocenters. The fourth-order valence-corrected chi connectivity index (χ4v) is 3.51. The van der Waals surface area contributed by atoms with Crippen LogP contribution < -0.4 is 15.5 Å². The zero-order chi connectivity index (χ0) is 20.5. The van der Waals surface area contributed by atoms with Gasteiger partial charge < -0.3 is 20.3 Å². The van der Waals surface area contributed by atoms with Gasteiger partial charge in [-0.2, -0.15) is 0 Å². The molecule has 1 aliphatic heterocycles. The molecule has 9 heteroatoms. The van der Waals surface area contributed by atoms with E-state index in [0.717, 1.165) is 17.0 Å². The van der Waals surface area contributed by atoms with Crippen LogP contribution in [0.5, 0.6) is 0 Å². The summed E-state index contributed by atoms with van der Waals surface area (Å²) in [6.07, 6.45) is 0.775. The van der Waals surface area contributed by atoms with Crippen molar-refractivity contribution in [3.8, 4) is 0 Å². The van der Waals surface area contributed by atoms with Crippen LogP contribution in [0.3, 0.4) is 0 Å². The van der Waals surface area contributed by atoms with Gasteiger partial charge in [0.15, 0.2) is 6.61 Å². The Balaban J connectivity index is 1.75. The second-order valence-corrected chi connectivity index (χ2v) is 7.31. The molecule has 0 spiro atoms. The van der Waals surface area contributed by atoms with Gasteiger partial charge in [0.1, 0.15) is 6.04 Å². The third-order valence-electron chi connectivity index (χ3n) is 4.03. The predicted molar refractivity (Wildman–Crippen MR) is 106 cm³/mol. The number of rotatable bonds is 9. The lowest BCUT2D eigenvalue weighted by atomic mass is 10.2. The molecule has 0 saturated carbocycles. The third kappa shape index (κ3) is 6.26. The molecular weight excluding hydrogens is 382 g/mol. The largest absolute Gasteiger partial charge is 0.456 e. The molecule has 1 heterocycles. The fraction of sp³-hybridized carbons (Fsp3) is 0.474. The van der Waals surface area contributed by atoms with E-state index < -0.39 is 24.5 Å². The van der Waals surface area contributed by atoms with Gasteiger partial charge in [-0.25, -0.2) is 0 Å². The summed E-state index contributed by atoms with van der Waals surface area (Å²) >= 11 is 1.47. The van der Waals surface area contributed by atoms with E-state index in [1.165, 1.54) is 11.8 Å². The van der Waals surface area contributed by atoms with Gasteiger partial charge in [0.05, 0.1) is 17.9 Å². The number of nitrogens with zero attached hydrogens (tertiary/aromatic N) is 1. The number of nitrogens with one attached hydrogen (secondary N) is 2. The maximum Gasteiger partial charge on any atom is 0.308 e. The van der Waals surface area contributed by atoms with Crippen molar-refractivity contribution in [3.05, 3.63) is 24.3 Å². The van der Waals surface area contributed by atoms with E-state index in [4.69, 9.17) is 4.74 Å². The van der Waals surface area contributed by atoms with Crippen molar-refractivity contribution in [3.63, 3.8) is 0 Å². The number of anilines is 1. The lowest BCUT2D eigenvalue weighted by Gasteiger charge is -2.28. The molecule has 28 heavy (non-hydrogen) atoms. The highest BCUT2D eigenvalue weighted by Gasteiger charge is 2.25. The fourth-order valence-electron chi connectivity index (χ4n) is 2.57. The summed E-state index contributed by atoms with van der Waals surface area (Å²) < 4.78 is 4.95. The van der Waals surface area contributed by atoms with Crippen molar-refractivity contribution < 1.29 is 23.9 Å². The van der Waals surface area contributed by atoms with E-state index in [0.29, 0.717) is 12.3 Å². The summed E-state index contributed by atoms with van der Waals surface area (Å²) in [5.74, 6) is -1.17. The van der Waals surface area contributed by atoms with Crippen LogP contribution in [0.2, 0.25) is 0 Å². The zero-order valence-corrected chi connectivity index (χ0v) is 16.8. The van der Waals surface area contributed by atoms with Crippen LogP contribution in [0.4, 0.5) is 5.69 Å². The Morgan fingerprint density at radius 3 is 2.79 bits per heavy atom. The first kappa shape index (κ1) is 21.7. The molecule has 0 aliphatic carbocycles. The summed E-state index contributed by atoms with van der Waals surface area (Å²) in [4.78, 5) is 50.2. The standard InChI is InChI=1S/C19H25N3O5S/c1-3-9-20-19(26)13(2)21-16(23)11-27-18(25)8-10-22-14-6-4-5-7-15(14)28-12-17(22)24/h4-7,13H,3,8-12H2,1-2H3,(H,20,26)(H,21,23)/t13-/m0/s1. The topological polar surface area (TPSA) is 105 Å². The van der Waals surface area contributed by atoms with Gasteiger partial charge in [0.25, 0.3) is 5.91 Å². The molecule has 8 nitrogen and oxygen atoms in total. The van der Waals surface area contributed by atoms with E-state index in [9.17, 15) is 19.2 Å². The Kier molecular flexibility index (Phi) is 8.31. The minimum atomic E-state index is -0.710. The molecule has 0 aromatic heterocycles. The molecule has 0 saturated heterocycles. The second kappa shape index (κ2) is 10.7. The minimum Gasteiger partial charge on any atom is -0.456 e. The number of carbonyl (C=O) groups is 4. The first-order valence-corrected chi connectivity index (χ1v) is 10.2. The average Bonchev–Trinajstić information content (AvgIpc) is 2.69. The molecule has 152 valence electrons. The molecule has 1 aromatic carbocycles. The summed E-state index contributed by atoms with van der Waals surface area (Å²) in [5.41, 5.74) is 0.779. The van der Waals surface area contributed by atoms with E-state index in [-0.39, 0.29) is 24.8 Å². The van der Waals surface area contributed by atoms with Gasteiger partial charge in [-0.05, 0) is 25.5 Å². The van der Waals surface area contributed by atoms with Gasteiger partial charge in [0, 0.05) is 18.0 Å². The number of ether oxygens (including phenoxy) is 1. The van der Waals surface area contributed by atoms with E-state index in [2.05, 4.69) is 10.6 Å². The number of carbonyl (C=O) groups excluding carboxylic acids is 4. The van der Waals surface area contributed by atoms with Crippen molar-refractivity contribution in [1.29, 1.82) is 0 Å². The van der Waals surface area contributed by atoms with Crippen LogP contribution in [0.25, 0.3) is 0 Å². The second-order valence-electron chi connectivity index (χ2n) is 6.29. The number of para-hydroxylation sites is 1. The van der Waals surface area contributed by atoms with Crippen molar-refractivity contribution in [2.75, 3.05) is 30.3 Å². The lowest BCUT2D eigenvalue weighted by Crippen LogP contribution is -2.46. The van der Waals surface area contributed by atoms with Gasteiger partial charge in [-0.3, -0.25) is 19.2 Å². The number of esters is 1. The number of thioether (sulfide) groups is 1. The van der Waals surface area contributed by atoms with Crippen LogP contribution in [0, 0.1) is 0 Å². The molecule has 0 unspecified atom stereocenters. The first-order valence-electron chi connectivity index (χ1n) is 9.17. The Hall–Kier alpha value is -2.55. The summed E-state index contributed by atoms with van der Waals surface area (Å²) in [5, 5.41) is 5.14. The Bertz CT molecular complexity index is 740. The molecule has 0 fully saturated rings. The smallest absolute Gasteiger partial charge is 0.308 e. The normalized spacial score (nSPS) is 14.1. The quantitative estimate of drug-likeness (QED) is 0.594. The Morgan fingerprint density at radius 2 is 2.04 bits per heavy atom. The highest BCUT2D eigenvalue weighted by atomic mass is 32.2. The third-order valence-corrected chi connectivity index (χ3v) is 5.08. The number of amides is 3. The molecule has 1 aromatic rings. The summed E-state index contributed by atoms with van der Waals surface area (Å²) in [7, 11) is 0. The summed E-state index contributed by atoms with van der Waals surface area (Å²) in [6.45, 7) is 3.74. The first-order chi connectivity index (χ1) is 13.4. The van der Waals surface area contributed by atoms with Crippen LogP contribution in [0.1, 0.15) is 26.7 Å². The van der Waals surface area contributed by atoms with Gasteiger partial charge in [-0.15, -0.1) is 11.8 Å². The molecular formula is C19H25N3O5S. The van der Waals surface area contributed by atoms with E-state index in [1.54, 1.807) is 11.8 Å². The van der Waals surface area contributed by atoms with Crippen molar-refractivity contribution in [2.45, 2.75) is 37.6 Å². The minimum absolute atomic E-state index is 0.0233. The van der Waals surface area contributed by atoms with Gasteiger partial charge >= 0.3 is 5.97 Å². The Labute approximate surface area is 168 Å². The monoisotopic (exact) mass is 407 g/mol. The van der Waals surface area contributed by atoms with E-state index >= 15 is 0 Å². The molecule has 2 N–H and O–H groups in total. The molecule has 0 bridgehead atoms. The highest BCUT2D eigenvalue weighted by molar-refractivity contribution is 8.00. The van der Waals surface area contributed by atoms with Crippen LogP contribution in [0.15, 0.2) is 29.2 Å². The SMILES string of the molecule is CCCNC(=O)[C@H](C)NC(=O)COC(=O)CCN1C(=O)CSc2ccccc21. The van der Waals surface area contributed by atoms with Gasteiger partial charge in [0.2, 0.25) is 11.8 Å². The lowest BCUT2D eigenvalue weighted by molar-refractivity contribution is -0.148. The number of hydrogen-bond donors (Lipinski definition) is 2. The molecule has 2 rings (SSSR count). The highest BCUT2D eigenvalue weighted by Crippen LogP contribution is 2.34. The summed E-state index contributed by atoms with van der Waals surface area (Å²) in [6, 6.07) is 6.79. The Morgan fingerprint density at radius 1 is 1.29 bits per heavy atom. The maximum absolute atomic E-state index is 12.1. The van der Waals surface area contributed by atoms with Crippen molar-refractivity contribution >= 4 is 41.1 Å². The number of hydrogen-bond acceptors (Lipinski definition) is 6. The van der Waals surface area contributed by atoms with Gasteiger partial charge in [-0.1, -0.05) is 19.1 Å². The number of benzene rings is 1. The van der Waals surface area contributed by atoms with Crippen LogP contribution in [-0.2, 0) is 23.9 Å². The molecule has 3 amide bonds. The van der Waals surface area contributed by atoms with E-state index in [1.807, 2.05) is 31.2 Å². The average molecular weight is 407 g/mol. The molecule has 1 aliphatic rings. The van der Waals surface area contributed by atoms with Crippen LogP contribution in [-0.4, -0.2) is 55.2 Å². The predicted octanol–water partition coefficient (Wildman–Crippen LogP) is 1.09. The van der Waals surface area contributed by atoms with Crippen LogP contribution >= 0.6 is 11.8 Å². The molecule has 0 radical (unpaired) electrons. The maximum atomic E-state index is 12.1. The van der Waals surface area contributed by atoms with Crippen molar-refractivity contribution in [1.82, 2.24) is 10.6 Å². The van der Waals surface area contributed by atoms with Crippen molar-refractivity contribution in [2.24, 2.45) is 0 Å². The number of fused-ring (bicyclic) bond motifs is 1.